The molecule has 0 aromatic carbocycles. The van der Waals surface area contributed by atoms with Gasteiger partial charge in [0.2, 0.25) is 0 Å². The number of rotatable bonds is 11. The number of unbranched alkanes of at least 4 members (excludes halogenated alkanes) is 6. The van der Waals surface area contributed by atoms with E-state index in [0.29, 0.717) is 6.61 Å². The van der Waals surface area contributed by atoms with Gasteiger partial charge in [-0.3, -0.25) is 0 Å². The standard InChI is InChI=1S/C12H27NO/c1-2-3-7-10-13-11-8-5-4-6-9-12-14/h13-14H,2-12H2,1H3. The second-order valence-corrected chi connectivity index (χ2v) is 3.95. The van der Waals surface area contributed by atoms with E-state index in [4.69, 9.17) is 5.11 Å². The maximum absolute atomic E-state index is 8.58. The minimum absolute atomic E-state index is 0.356. The molecule has 0 unspecified atom stereocenters. The second kappa shape index (κ2) is 12.9. The first kappa shape index (κ1) is 13.9. The fourth-order valence-electron chi connectivity index (χ4n) is 1.52. The summed E-state index contributed by atoms with van der Waals surface area (Å²) in [5.74, 6) is 0. The predicted molar refractivity (Wildman–Crippen MR) is 62.6 cm³/mol. The Morgan fingerprint density at radius 1 is 0.786 bits per heavy atom. The van der Waals surface area contributed by atoms with E-state index in [2.05, 4.69) is 12.2 Å². The minimum Gasteiger partial charge on any atom is -0.396 e. The van der Waals surface area contributed by atoms with Gasteiger partial charge in [0, 0.05) is 6.61 Å². The summed E-state index contributed by atoms with van der Waals surface area (Å²) in [5, 5.41) is 12.0. The van der Waals surface area contributed by atoms with Crippen LogP contribution in [0.15, 0.2) is 0 Å². The Bertz CT molecular complexity index is 84.3. The number of aliphatic hydroxyl groups excluding tert-OH is 1. The quantitative estimate of drug-likeness (QED) is 0.504. The van der Waals surface area contributed by atoms with Crippen molar-refractivity contribution in [1.29, 1.82) is 0 Å². The third-order valence-corrected chi connectivity index (χ3v) is 2.47. The molecule has 0 aromatic heterocycles. The van der Waals surface area contributed by atoms with E-state index in [1.54, 1.807) is 0 Å². The molecule has 0 bridgehead atoms. The highest BCUT2D eigenvalue weighted by atomic mass is 16.2. The first-order chi connectivity index (χ1) is 6.91. The van der Waals surface area contributed by atoms with Crippen LogP contribution >= 0.6 is 0 Å². The van der Waals surface area contributed by atoms with Gasteiger partial charge in [0.05, 0.1) is 0 Å². The van der Waals surface area contributed by atoms with Crippen LogP contribution in [0.1, 0.15) is 58.3 Å². The molecule has 0 radical (unpaired) electrons. The van der Waals surface area contributed by atoms with Crippen LogP contribution in [0.3, 0.4) is 0 Å². The molecule has 0 amide bonds. The van der Waals surface area contributed by atoms with Crippen molar-refractivity contribution in [2.24, 2.45) is 0 Å². The van der Waals surface area contributed by atoms with Crippen molar-refractivity contribution in [2.45, 2.75) is 58.3 Å². The predicted octanol–water partition coefficient (Wildman–Crippen LogP) is 2.71. The zero-order valence-electron chi connectivity index (χ0n) is 9.73. The van der Waals surface area contributed by atoms with E-state index >= 15 is 0 Å². The molecule has 0 fully saturated rings. The molecule has 14 heavy (non-hydrogen) atoms. The van der Waals surface area contributed by atoms with Crippen LogP contribution in [0.5, 0.6) is 0 Å². The summed E-state index contributed by atoms with van der Waals surface area (Å²) in [4.78, 5) is 0. The molecule has 2 nitrogen and oxygen atoms in total. The molecular formula is C12H27NO. The lowest BCUT2D eigenvalue weighted by Crippen LogP contribution is -2.16. The van der Waals surface area contributed by atoms with Gasteiger partial charge in [-0.15, -0.1) is 0 Å². The molecule has 0 saturated heterocycles. The molecule has 0 aliphatic heterocycles. The summed E-state index contributed by atoms with van der Waals surface area (Å²) in [5.41, 5.74) is 0. The zero-order chi connectivity index (χ0) is 10.5. The highest BCUT2D eigenvalue weighted by molar-refractivity contribution is 4.50. The van der Waals surface area contributed by atoms with Crippen molar-refractivity contribution in [3.8, 4) is 0 Å². The van der Waals surface area contributed by atoms with Gasteiger partial charge >= 0.3 is 0 Å². The van der Waals surface area contributed by atoms with E-state index < -0.39 is 0 Å². The smallest absolute Gasteiger partial charge is 0.0431 e. The summed E-state index contributed by atoms with van der Waals surface area (Å²) < 4.78 is 0. The van der Waals surface area contributed by atoms with Crippen molar-refractivity contribution in [3.05, 3.63) is 0 Å². The molecule has 0 atom stereocenters. The van der Waals surface area contributed by atoms with E-state index in [9.17, 15) is 0 Å². The number of nitrogens with one attached hydrogen (secondary N) is 1. The average Bonchev–Trinajstić information content (AvgIpc) is 2.21. The molecule has 86 valence electrons. The van der Waals surface area contributed by atoms with Crippen molar-refractivity contribution in [1.82, 2.24) is 5.32 Å². The fraction of sp³-hybridized carbons (Fsp3) is 1.00. The zero-order valence-corrected chi connectivity index (χ0v) is 9.73. The Morgan fingerprint density at radius 2 is 1.36 bits per heavy atom. The number of hydrogen-bond donors (Lipinski definition) is 2. The van der Waals surface area contributed by atoms with E-state index in [1.807, 2.05) is 0 Å². The van der Waals surface area contributed by atoms with Crippen molar-refractivity contribution >= 4 is 0 Å². The summed E-state index contributed by atoms with van der Waals surface area (Å²) in [7, 11) is 0. The third-order valence-electron chi connectivity index (χ3n) is 2.47. The van der Waals surface area contributed by atoms with Gasteiger partial charge in [-0.05, 0) is 32.4 Å². The topological polar surface area (TPSA) is 32.3 Å². The Hall–Kier alpha value is -0.0800. The molecular weight excluding hydrogens is 174 g/mol. The molecule has 0 aliphatic carbocycles. The van der Waals surface area contributed by atoms with Crippen molar-refractivity contribution in [3.63, 3.8) is 0 Å². The van der Waals surface area contributed by atoms with E-state index in [-0.39, 0.29) is 0 Å². The average molecular weight is 201 g/mol. The Kier molecular flexibility index (Phi) is 12.8. The molecule has 0 aliphatic rings. The van der Waals surface area contributed by atoms with Gasteiger partial charge in [0.25, 0.3) is 0 Å². The maximum Gasteiger partial charge on any atom is 0.0431 e. The maximum atomic E-state index is 8.58. The Balaban J connectivity index is 2.78. The van der Waals surface area contributed by atoms with Gasteiger partial charge in [-0.1, -0.05) is 39.0 Å². The normalized spacial score (nSPS) is 10.7. The molecule has 0 saturated carbocycles. The Morgan fingerprint density at radius 3 is 2.00 bits per heavy atom. The lowest BCUT2D eigenvalue weighted by Gasteiger charge is -2.03. The van der Waals surface area contributed by atoms with E-state index in [0.717, 1.165) is 6.42 Å². The second-order valence-electron chi connectivity index (χ2n) is 3.95. The van der Waals surface area contributed by atoms with Crippen LogP contribution in [0, 0.1) is 0 Å². The van der Waals surface area contributed by atoms with Crippen LogP contribution in [0.2, 0.25) is 0 Å². The lowest BCUT2D eigenvalue weighted by molar-refractivity contribution is 0.282. The van der Waals surface area contributed by atoms with E-state index in [1.165, 1.54) is 58.0 Å². The molecule has 0 spiro atoms. The largest absolute Gasteiger partial charge is 0.396 e. The molecule has 0 aromatic rings. The first-order valence-electron chi connectivity index (χ1n) is 6.23. The van der Waals surface area contributed by atoms with Gasteiger partial charge in [0.1, 0.15) is 0 Å². The van der Waals surface area contributed by atoms with Gasteiger partial charge in [-0.25, -0.2) is 0 Å². The number of hydrogen-bond acceptors (Lipinski definition) is 2. The van der Waals surface area contributed by atoms with Crippen LogP contribution in [-0.4, -0.2) is 24.8 Å². The summed E-state index contributed by atoms with van der Waals surface area (Å²) in [6.45, 7) is 4.95. The Labute approximate surface area is 89.1 Å². The highest BCUT2D eigenvalue weighted by Gasteiger charge is 1.90. The molecule has 2 N–H and O–H groups in total. The summed E-state index contributed by atoms with van der Waals surface area (Å²) in [6, 6.07) is 0. The molecule has 2 heteroatoms. The number of aliphatic hydroxyl groups is 1. The lowest BCUT2D eigenvalue weighted by atomic mass is 10.1. The fourth-order valence-corrected chi connectivity index (χ4v) is 1.52. The first-order valence-corrected chi connectivity index (χ1v) is 6.23. The van der Waals surface area contributed by atoms with Crippen molar-refractivity contribution < 1.29 is 5.11 Å². The van der Waals surface area contributed by atoms with Crippen LogP contribution < -0.4 is 5.32 Å². The summed E-state index contributed by atoms with van der Waals surface area (Å²) in [6.07, 6.45) is 10.0. The van der Waals surface area contributed by atoms with Crippen LogP contribution in [-0.2, 0) is 0 Å². The molecule has 0 rings (SSSR count). The SMILES string of the molecule is CCCCCNCCCCCCCO. The van der Waals surface area contributed by atoms with Gasteiger partial charge < -0.3 is 10.4 Å². The molecule has 0 heterocycles. The minimum atomic E-state index is 0.356. The monoisotopic (exact) mass is 201 g/mol. The third kappa shape index (κ3) is 11.9. The van der Waals surface area contributed by atoms with Gasteiger partial charge in [-0.2, -0.15) is 0 Å². The highest BCUT2D eigenvalue weighted by Crippen LogP contribution is 2.01. The van der Waals surface area contributed by atoms with Crippen molar-refractivity contribution in [2.75, 3.05) is 19.7 Å². The summed E-state index contributed by atoms with van der Waals surface area (Å²) >= 11 is 0. The van der Waals surface area contributed by atoms with Gasteiger partial charge in [0.15, 0.2) is 0 Å². The van der Waals surface area contributed by atoms with Crippen LogP contribution in [0.4, 0.5) is 0 Å². The van der Waals surface area contributed by atoms with Crippen LogP contribution in [0.25, 0.3) is 0 Å².